The summed E-state index contributed by atoms with van der Waals surface area (Å²) in [5.74, 6) is -0.309. The number of rotatable bonds is 8. The van der Waals surface area contributed by atoms with E-state index in [2.05, 4.69) is 10.3 Å². The van der Waals surface area contributed by atoms with Crippen LogP contribution in [0.25, 0.3) is 22.0 Å². The molecular formula is C26H24N2O4. The first kappa shape index (κ1) is 21.2. The fraction of sp³-hybridized carbons (Fsp3) is 0.154. The summed E-state index contributed by atoms with van der Waals surface area (Å²) in [4.78, 5) is 28.2. The van der Waals surface area contributed by atoms with E-state index in [1.54, 1.807) is 0 Å². The Morgan fingerprint density at radius 3 is 2.47 bits per heavy atom. The molecule has 32 heavy (non-hydrogen) atoms. The van der Waals surface area contributed by atoms with Crippen molar-refractivity contribution in [3.8, 4) is 16.9 Å². The molecule has 0 saturated carbocycles. The predicted molar refractivity (Wildman–Crippen MR) is 123 cm³/mol. The summed E-state index contributed by atoms with van der Waals surface area (Å²) in [6.07, 6.45) is 2.16. The molecule has 4 rings (SSSR count). The van der Waals surface area contributed by atoms with Crippen molar-refractivity contribution in [1.82, 2.24) is 10.3 Å². The van der Waals surface area contributed by atoms with Crippen LogP contribution in [0.2, 0.25) is 0 Å². The van der Waals surface area contributed by atoms with Crippen LogP contribution in [0.3, 0.4) is 0 Å². The number of carbonyl (C=O) groups is 2. The van der Waals surface area contributed by atoms with Crippen LogP contribution >= 0.6 is 0 Å². The first-order valence-corrected chi connectivity index (χ1v) is 10.3. The van der Waals surface area contributed by atoms with Gasteiger partial charge in [-0.3, -0.25) is 4.79 Å². The topological polar surface area (TPSA) is 80.4 Å². The molecule has 0 unspecified atom stereocenters. The molecule has 0 saturated heterocycles. The lowest BCUT2D eigenvalue weighted by atomic mass is 10.0. The zero-order chi connectivity index (χ0) is 22.3. The van der Waals surface area contributed by atoms with E-state index in [1.807, 2.05) is 85.1 Å². The molecule has 0 aliphatic rings. The van der Waals surface area contributed by atoms with Gasteiger partial charge >= 0.3 is 5.97 Å². The van der Waals surface area contributed by atoms with Gasteiger partial charge in [0.05, 0.1) is 7.11 Å². The molecule has 6 heteroatoms. The molecule has 0 aliphatic heterocycles. The summed E-state index contributed by atoms with van der Waals surface area (Å²) in [5.41, 5.74) is 3.78. The largest absolute Gasteiger partial charge is 0.483 e. The van der Waals surface area contributed by atoms with Crippen molar-refractivity contribution in [3.05, 3.63) is 90.6 Å². The maximum atomic E-state index is 12.6. The van der Waals surface area contributed by atoms with Gasteiger partial charge in [-0.2, -0.15) is 0 Å². The van der Waals surface area contributed by atoms with E-state index in [-0.39, 0.29) is 6.61 Å². The lowest BCUT2D eigenvalue weighted by molar-refractivity contribution is -0.145. The third kappa shape index (κ3) is 4.81. The summed E-state index contributed by atoms with van der Waals surface area (Å²) >= 11 is 0. The highest BCUT2D eigenvalue weighted by Gasteiger charge is 2.23. The summed E-state index contributed by atoms with van der Waals surface area (Å²) < 4.78 is 10.7. The van der Waals surface area contributed by atoms with Crippen molar-refractivity contribution in [3.63, 3.8) is 0 Å². The third-order valence-electron chi connectivity index (χ3n) is 5.25. The van der Waals surface area contributed by atoms with Crippen molar-refractivity contribution >= 4 is 22.8 Å². The summed E-state index contributed by atoms with van der Waals surface area (Å²) in [7, 11) is 1.31. The molecule has 0 spiro atoms. The molecule has 3 aromatic carbocycles. The molecular weight excluding hydrogens is 404 g/mol. The van der Waals surface area contributed by atoms with Gasteiger partial charge in [-0.15, -0.1) is 0 Å². The Kier molecular flexibility index (Phi) is 6.51. The number of benzene rings is 3. The van der Waals surface area contributed by atoms with Crippen molar-refractivity contribution in [2.75, 3.05) is 13.7 Å². The maximum Gasteiger partial charge on any atom is 0.328 e. The minimum absolute atomic E-state index is 0.217. The Labute approximate surface area is 186 Å². The number of H-pyrrole nitrogens is 1. The quantitative estimate of drug-likeness (QED) is 0.414. The number of nitrogens with one attached hydrogen (secondary N) is 2. The normalized spacial score (nSPS) is 11.7. The SMILES string of the molecule is COC(=O)[C@@H](Cc1c[nH]c2ccccc12)NC(=O)COc1ccccc1-c1ccccc1. The molecule has 1 atom stereocenters. The number of carbonyl (C=O) groups excluding carboxylic acids is 2. The Morgan fingerprint density at radius 2 is 1.66 bits per heavy atom. The lowest BCUT2D eigenvalue weighted by Crippen LogP contribution is -2.44. The standard InChI is InChI=1S/C26H24N2O4/c1-31-26(30)23(15-19-16-27-22-13-7-5-11-20(19)22)28-25(29)17-32-24-14-8-6-12-21(24)18-9-3-2-4-10-18/h2-14,16,23,27H,15,17H2,1H3,(H,28,29)/t23-/m1/s1. The number of hydrogen-bond donors (Lipinski definition) is 2. The molecule has 162 valence electrons. The number of fused-ring (bicyclic) bond motifs is 1. The van der Waals surface area contributed by atoms with Gasteiger partial charge in [-0.25, -0.2) is 4.79 Å². The van der Waals surface area contributed by atoms with E-state index in [4.69, 9.17) is 9.47 Å². The minimum Gasteiger partial charge on any atom is -0.483 e. The number of aromatic nitrogens is 1. The van der Waals surface area contributed by atoms with Crippen molar-refractivity contribution in [2.24, 2.45) is 0 Å². The first-order valence-electron chi connectivity index (χ1n) is 10.3. The van der Waals surface area contributed by atoms with Gasteiger partial charge in [0.1, 0.15) is 11.8 Å². The summed E-state index contributed by atoms with van der Waals surface area (Å²) in [5, 5.41) is 3.75. The van der Waals surface area contributed by atoms with E-state index in [9.17, 15) is 9.59 Å². The molecule has 0 bridgehead atoms. The highest BCUT2D eigenvalue weighted by Crippen LogP contribution is 2.29. The summed E-state index contributed by atoms with van der Waals surface area (Å²) in [6.45, 7) is -0.217. The smallest absolute Gasteiger partial charge is 0.328 e. The van der Waals surface area contributed by atoms with Gasteiger partial charge in [0.2, 0.25) is 0 Å². The van der Waals surface area contributed by atoms with Gasteiger partial charge in [-0.1, -0.05) is 66.7 Å². The Balaban J connectivity index is 1.44. The first-order chi connectivity index (χ1) is 15.7. The zero-order valence-corrected chi connectivity index (χ0v) is 17.7. The molecule has 0 aliphatic carbocycles. The fourth-order valence-electron chi connectivity index (χ4n) is 3.68. The van der Waals surface area contributed by atoms with Crippen LogP contribution in [0.15, 0.2) is 85.1 Å². The highest BCUT2D eigenvalue weighted by atomic mass is 16.5. The number of ether oxygens (including phenoxy) is 2. The van der Waals surface area contributed by atoms with Gasteiger partial charge < -0.3 is 19.8 Å². The molecule has 6 nitrogen and oxygen atoms in total. The van der Waals surface area contributed by atoms with Crippen LogP contribution < -0.4 is 10.1 Å². The van der Waals surface area contributed by atoms with Crippen molar-refractivity contribution in [2.45, 2.75) is 12.5 Å². The molecule has 0 radical (unpaired) electrons. The Bertz CT molecular complexity index is 1220. The Hall–Kier alpha value is -4.06. The van der Waals surface area contributed by atoms with E-state index >= 15 is 0 Å². The van der Waals surface area contributed by atoms with E-state index in [0.717, 1.165) is 27.6 Å². The average Bonchev–Trinajstić information content (AvgIpc) is 3.25. The number of methoxy groups -OCH3 is 1. The molecule has 4 aromatic rings. The second-order valence-corrected chi connectivity index (χ2v) is 7.36. The Morgan fingerprint density at radius 1 is 0.938 bits per heavy atom. The number of amides is 1. The van der Waals surface area contributed by atoms with Crippen LogP contribution in [0.5, 0.6) is 5.75 Å². The van der Waals surface area contributed by atoms with E-state index in [0.29, 0.717) is 12.2 Å². The predicted octanol–water partition coefficient (Wildman–Crippen LogP) is 4.11. The number of para-hydroxylation sites is 2. The molecule has 0 fully saturated rings. The fourth-order valence-corrected chi connectivity index (χ4v) is 3.68. The van der Waals surface area contributed by atoms with Crippen LogP contribution in [0, 0.1) is 0 Å². The highest BCUT2D eigenvalue weighted by molar-refractivity contribution is 5.87. The van der Waals surface area contributed by atoms with Crippen molar-refractivity contribution in [1.29, 1.82) is 0 Å². The van der Waals surface area contributed by atoms with Crippen LogP contribution in [-0.2, 0) is 20.7 Å². The third-order valence-corrected chi connectivity index (χ3v) is 5.25. The van der Waals surface area contributed by atoms with Crippen LogP contribution in [-0.4, -0.2) is 36.6 Å². The van der Waals surface area contributed by atoms with Gasteiger partial charge in [0.25, 0.3) is 5.91 Å². The van der Waals surface area contributed by atoms with Gasteiger partial charge in [0, 0.05) is 29.1 Å². The van der Waals surface area contributed by atoms with Crippen molar-refractivity contribution < 1.29 is 19.1 Å². The van der Waals surface area contributed by atoms with Gasteiger partial charge in [0.15, 0.2) is 6.61 Å². The molecule has 2 N–H and O–H groups in total. The average molecular weight is 428 g/mol. The second kappa shape index (κ2) is 9.83. The lowest BCUT2D eigenvalue weighted by Gasteiger charge is -2.17. The summed E-state index contributed by atoms with van der Waals surface area (Å²) in [6, 6.07) is 24.3. The maximum absolute atomic E-state index is 12.6. The van der Waals surface area contributed by atoms with Crippen LogP contribution in [0.4, 0.5) is 0 Å². The van der Waals surface area contributed by atoms with E-state index in [1.165, 1.54) is 7.11 Å². The molecule has 1 aromatic heterocycles. The monoisotopic (exact) mass is 428 g/mol. The molecule has 1 heterocycles. The molecule has 1 amide bonds. The van der Waals surface area contributed by atoms with E-state index < -0.39 is 17.9 Å². The number of aromatic amines is 1. The van der Waals surface area contributed by atoms with Gasteiger partial charge in [-0.05, 0) is 23.3 Å². The minimum atomic E-state index is -0.820. The van der Waals surface area contributed by atoms with Crippen LogP contribution in [0.1, 0.15) is 5.56 Å². The number of esters is 1. The zero-order valence-electron chi connectivity index (χ0n) is 17.7. The second-order valence-electron chi connectivity index (χ2n) is 7.36. The number of hydrogen-bond acceptors (Lipinski definition) is 4.